The van der Waals surface area contributed by atoms with E-state index in [0.717, 1.165) is 16.3 Å². The van der Waals surface area contributed by atoms with Crippen molar-refractivity contribution in [1.29, 1.82) is 0 Å². The van der Waals surface area contributed by atoms with Crippen LogP contribution in [0.15, 0.2) is 60.7 Å². The van der Waals surface area contributed by atoms with Crippen molar-refractivity contribution >= 4 is 39.9 Å². The Balaban J connectivity index is 1.84. The number of hydrogen-bond donors (Lipinski definition) is 0. The molecule has 0 heterocycles. The van der Waals surface area contributed by atoms with Crippen LogP contribution < -0.4 is 0 Å². The number of fused-ring (bicyclic) bond motifs is 1. The van der Waals surface area contributed by atoms with Gasteiger partial charge in [-0.15, -0.1) is 0 Å². The Bertz CT molecular complexity index is 818. The Morgan fingerprint density at radius 3 is 2.27 bits per heavy atom. The molecule has 0 saturated carbocycles. The Kier molecular flexibility index (Phi) is 4.32. The molecule has 3 aromatic carbocycles. The van der Waals surface area contributed by atoms with E-state index in [2.05, 4.69) is 0 Å². The van der Waals surface area contributed by atoms with Crippen LogP contribution in [0.5, 0.6) is 0 Å². The maximum absolute atomic E-state index is 12.2. The summed E-state index contributed by atoms with van der Waals surface area (Å²) in [6.07, 6.45) is 0. The monoisotopic (exact) mass is 330 g/mol. The molecule has 110 valence electrons. The van der Waals surface area contributed by atoms with E-state index in [-0.39, 0.29) is 22.2 Å². The van der Waals surface area contributed by atoms with E-state index in [1.54, 1.807) is 18.2 Å². The third kappa shape index (κ3) is 2.94. The van der Waals surface area contributed by atoms with Gasteiger partial charge in [0.05, 0.1) is 15.6 Å². The molecule has 0 spiro atoms. The molecule has 0 N–H and O–H groups in total. The van der Waals surface area contributed by atoms with Crippen LogP contribution in [0.2, 0.25) is 10.0 Å². The van der Waals surface area contributed by atoms with Gasteiger partial charge in [-0.05, 0) is 28.5 Å². The highest BCUT2D eigenvalue weighted by atomic mass is 35.5. The largest absolute Gasteiger partial charge is 0.457 e. The van der Waals surface area contributed by atoms with Crippen molar-refractivity contribution in [3.05, 3.63) is 81.8 Å². The molecule has 0 aliphatic carbocycles. The molecule has 0 aliphatic rings. The lowest BCUT2D eigenvalue weighted by Crippen LogP contribution is -2.07. The predicted octanol–water partition coefficient (Wildman–Crippen LogP) is 5.50. The maximum Gasteiger partial charge on any atom is 0.341 e. The molecule has 0 fully saturated rings. The van der Waals surface area contributed by atoms with E-state index in [4.69, 9.17) is 27.9 Å². The zero-order chi connectivity index (χ0) is 15.5. The molecular weight excluding hydrogens is 319 g/mol. The zero-order valence-electron chi connectivity index (χ0n) is 11.6. The normalized spacial score (nSPS) is 10.6. The number of ether oxygens (including phenoxy) is 1. The summed E-state index contributed by atoms with van der Waals surface area (Å²) >= 11 is 12.0. The van der Waals surface area contributed by atoms with E-state index >= 15 is 0 Å². The van der Waals surface area contributed by atoms with Crippen molar-refractivity contribution in [2.75, 3.05) is 0 Å². The average molecular weight is 331 g/mol. The summed E-state index contributed by atoms with van der Waals surface area (Å²) in [6, 6.07) is 18.8. The van der Waals surface area contributed by atoms with E-state index in [9.17, 15) is 4.79 Å². The lowest BCUT2D eigenvalue weighted by molar-refractivity contribution is 0.0475. The van der Waals surface area contributed by atoms with Crippen LogP contribution in [0.3, 0.4) is 0 Å². The van der Waals surface area contributed by atoms with Gasteiger partial charge >= 0.3 is 5.97 Å². The quantitative estimate of drug-likeness (QED) is 0.592. The number of halogens is 2. The molecule has 22 heavy (non-hydrogen) atoms. The van der Waals surface area contributed by atoms with Gasteiger partial charge in [0.15, 0.2) is 0 Å². The second-order valence-electron chi connectivity index (χ2n) is 4.81. The van der Waals surface area contributed by atoms with Gasteiger partial charge in [-0.1, -0.05) is 71.7 Å². The molecule has 0 unspecified atom stereocenters. The number of carbonyl (C=O) groups is 1. The van der Waals surface area contributed by atoms with Crippen LogP contribution in [0.1, 0.15) is 15.9 Å². The smallest absolute Gasteiger partial charge is 0.341 e. The molecule has 3 aromatic rings. The fourth-order valence-corrected chi connectivity index (χ4v) is 2.88. The first-order chi connectivity index (χ1) is 10.7. The fourth-order valence-electron chi connectivity index (χ4n) is 2.33. The minimum absolute atomic E-state index is 0.168. The minimum atomic E-state index is -0.525. The Morgan fingerprint density at radius 2 is 1.50 bits per heavy atom. The predicted molar refractivity (Wildman–Crippen MR) is 89.5 cm³/mol. The Hall–Kier alpha value is -2.03. The number of benzene rings is 3. The summed E-state index contributed by atoms with van der Waals surface area (Å²) < 4.78 is 5.38. The summed E-state index contributed by atoms with van der Waals surface area (Å²) in [5.74, 6) is -0.525. The van der Waals surface area contributed by atoms with Crippen molar-refractivity contribution in [1.82, 2.24) is 0 Å². The fraction of sp³-hybridized carbons (Fsp3) is 0.0556. The van der Waals surface area contributed by atoms with Gasteiger partial charge in [-0.25, -0.2) is 4.79 Å². The highest BCUT2D eigenvalue weighted by Gasteiger charge is 2.16. The van der Waals surface area contributed by atoms with Crippen molar-refractivity contribution < 1.29 is 9.53 Å². The summed E-state index contributed by atoms with van der Waals surface area (Å²) in [4.78, 5) is 12.2. The highest BCUT2D eigenvalue weighted by Crippen LogP contribution is 2.26. The molecule has 3 rings (SSSR count). The third-order valence-electron chi connectivity index (χ3n) is 3.41. The van der Waals surface area contributed by atoms with Gasteiger partial charge in [0.2, 0.25) is 0 Å². The Morgan fingerprint density at radius 1 is 0.864 bits per heavy atom. The molecule has 0 amide bonds. The minimum Gasteiger partial charge on any atom is -0.457 e. The number of carbonyl (C=O) groups excluding carboxylic acids is 1. The Labute approximate surface area is 138 Å². The molecule has 0 aromatic heterocycles. The highest BCUT2D eigenvalue weighted by molar-refractivity contribution is 6.39. The number of rotatable bonds is 3. The van der Waals surface area contributed by atoms with Gasteiger partial charge < -0.3 is 4.74 Å². The number of hydrogen-bond acceptors (Lipinski definition) is 2. The van der Waals surface area contributed by atoms with Crippen LogP contribution in [0.25, 0.3) is 10.8 Å². The lowest BCUT2D eigenvalue weighted by Gasteiger charge is -2.10. The van der Waals surface area contributed by atoms with Gasteiger partial charge in [-0.2, -0.15) is 0 Å². The van der Waals surface area contributed by atoms with Gasteiger partial charge in [0.1, 0.15) is 6.61 Å². The van der Waals surface area contributed by atoms with Crippen LogP contribution in [-0.2, 0) is 11.3 Å². The molecule has 0 atom stereocenters. The van der Waals surface area contributed by atoms with Crippen molar-refractivity contribution in [3.8, 4) is 0 Å². The summed E-state index contributed by atoms with van der Waals surface area (Å²) in [6.45, 7) is 0.168. The first kappa shape index (κ1) is 14.9. The third-order valence-corrected chi connectivity index (χ3v) is 4.04. The molecule has 0 aliphatic heterocycles. The molecule has 0 bridgehead atoms. The SMILES string of the molecule is O=C(OCc1cccc2ccccc12)c1c(Cl)cccc1Cl. The van der Waals surface area contributed by atoms with E-state index in [0.29, 0.717) is 0 Å². The van der Waals surface area contributed by atoms with Crippen LogP contribution in [0.4, 0.5) is 0 Å². The molecule has 2 nitrogen and oxygen atoms in total. The lowest BCUT2D eigenvalue weighted by atomic mass is 10.1. The number of esters is 1. The van der Waals surface area contributed by atoms with Crippen LogP contribution in [0, 0.1) is 0 Å². The van der Waals surface area contributed by atoms with Crippen LogP contribution in [-0.4, -0.2) is 5.97 Å². The zero-order valence-corrected chi connectivity index (χ0v) is 13.1. The molecule has 0 saturated heterocycles. The standard InChI is InChI=1S/C18H12Cl2O2/c19-15-9-4-10-16(20)17(15)18(21)22-11-13-7-3-6-12-5-1-2-8-14(12)13/h1-10H,11H2. The van der Waals surface area contributed by atoms with Crippen molar-refractivity contribution in [3.63, 3.8) is 0 Å². The summed E-state index contributed by atoms with van der Waals surface area (Å²) in [5, 5.41) is 2.74. The average Bonchev–Trinajstić information content (AvgIpc) is 2.52. The summed E-state index contributed by atoms with van der Waals surface area (Å²) in [7, 11) is 0. The van der Waals surface area contributed by atoms with E-state index in [1.807, 2.05) is 42.5 Å². The van der Waals surface area contributed by atoms with E-state index in [1.165, 1.54) is 0 Å². The molecular formula is C18H12Cl2O2. The van der Waals surface area contributed by atoms with Gasteiger partial charge in [0, 0.05) is 0 Å². The maximum atomic E-state index is 12.2. The second kappa shape index (κ2) is 6.39. The first-order valence-corrected chi connectivity index (χ1v) is 7.50. The first-order valence-electron chi connectivity index (χ1n) is 6.74. The van der Waals surface area contributed by atoms with Crippen molar-refractivity contribution in [2.45, 2.75) is 6.61 Å². The van der Waals surface area contributed by atoms with Crippen molar-refractivity contribution in [2.24, 2.45) is 0 Å². The second-order valence-corrected chi connectivity index (χ2v) is 5.63. The topological polar surface area (TPSA) is 26.3 Å². The summed E-state index contributed by atoms with van der Waals surface area (Å²) in [5.41, 5.74) is 1.14. The molecule has 4 heteroatoms. The van der Waals surface area contributed by atoms with Gasteiger partial charge in [0.25, 0.3) is 0 Å². The van der Waals surface area contributed by atoms with E-state index < -0.39 is 5.97 Å². The van der Waals surface area contributed by atoms with Crippen LogP contribution >= 0.6 is 23.2 Å². The molecule has 0 radical (unpaired) electrons. The van der Waals surface area contributed by atoms with Gasteiger partial charge in [-0.3, -0.25) is 0 Å².